The number of aliphatic hydroxyl groups is 1. The fourth-order valence-corrected chi connectivity index (χ4v) is 8.07. The van der Waals surface area contributed by atoms with Gasteiger partial charge in [0.15, 0.2) is 11.5 Å². The predicted octanol–water partition coefficient (Wildman–Crippen LogP) is 4.87. The highest BCUT2D eigenvalue weighted by Gasteiger charge is 2.63. The van der Waals surface area contributed by atoms with Crippen LogP contribution in [0, 0.1) is 29.4 Å². The first-order valence-electron chi connectivity index (χ1n) is 17.4. The Labute approximate surface area is 320 Å². The number of hydrogen-bond donors (Lipinski definition) is 4. The number of alkyl halides is 5. The third kappa shape index (κ3) is 7.66. The van der Waals surface area contributed by atoms with E-state index < -0.39 is 93.7 Å². The van der Waals surface area contributed by atoms with Crippen molar-refractivity contribution in [2.24, 2.45) is 18.7 Å². The molecule has 5 N–H and O–H groups in total. The number of rotatable bonds is 10. The van der Waals surface area contributed by atoms with E-state index in [1.54, 1.807) is 24.3 Å². The number of sulfonamides is 1. The summed E-state index contributed by atoms with van der Waals surface area (Å²) in [5.41, 5.74) is 3.72. The number of hydrogen-bond acceptors (Lipinski definition) is 8. The van der Waals surface area contributed by atoms with Gasteiger partial charge < -0.3 is 16.2 Å². The molecule has 20 heteroatoms. The Morgan fingerprint density at radius 3 is 2.44 bits per heavy atom. The number of halogens is 7. The van der Waals surface area contributed by atoms with E-state index in [0.29, 0.717) is 27.2 Å². The van der Waals surface area contributed by atoms with Crippen LogP contribution in [0.15, 0.2) is 48.5 Å². The zero-order chi connectivity index (χ0) is 41.2. The normalized spacial score (nSPS) is 18.2. The van der Waals surface area contributed by atoms with Crippen LogP contribution < -0.4 is 15.8 Å². The minimum atomic E-state index is -5.08. The summed E-state index contributed by atoms with van der Waals surface area (Å²) in [6.45, 7) is -1.58. The van der Waals surface area contributed by atoms with Gasteiger partial charge in [-0.05, 0) is 67.0 Å². The van der Waals surface area contributed by atoms with Crippen molar-refractivity contribution < 1.29 is 49.1 Å². The summed E-state index contributed by atoms with van der Waals surface area (Å²) < 4.78 is 131. The van der Waals surface area contributed by atoms with E-state index in [-0.39, 0.29) is 47.6 Å². The van der Waals surface area contributed by atoms with Crippen molar-refractivity contribution in [1.82, 2.24) is 29.9 Å². The highest BCUT2D eigenvalue weighted by Crippen LogP contribution is 2.64. The zero-order valence-corrected chi connectivity index (χ0v) is 30.8. The molecule has 12 nitrogen and oxygen atoms in total. The number of anilines is 1. The van der Waals surface area contributed by atoms with Gasteiger partial charge in [-0.15, -0.1) is 0 Å². The quantitative estimate of drug-likeness (QED) is 0.114. The Bertz CT molecular complexity index is 2580. The van der Waals surface area contributed by atoms with Crippen LogP contribution in [-0.4, -0.2) is 62.9 Å². The smallest absolute Gasteiger partial charge is 0.394 e. The van der Waals surface area contributed by atoms with Crippen LogP contribution in [0.2, 0.25) is 0 Å². The molecule has 4 atom stereocenters. The second kappa shape index (κ2) is 14.5. The highest BCUT2D eigenvalue weighted by molar-refractivity contribution is 7.92. The molecule has 0 saturated heterocycles. The van der Waals surface area contributed by atoms with Crippen molar-refractivity contribution >= 4 is 32.7 Å². The first-order valence-corrected chi connectivity index (χ1v) is 19.3. The molecule has 57 heavy (non-hydrogen) atoms. The Morgan fingerprint density at radius 1 is 1.09 bits per heavy atom. The lowest BCUT2D eigenvalue weighted by Gasteiger charge is -2.34. The third-order valence-electron chi connectivity index (χ3n) is 9.95. The summed E-state index contributed by atoms with van der Waals surface area (Å²) in [5, 5.41) is 20.2. The van der Waals surface area contributed by atoms with E-state index in [4.69, 9.17) is 5.73 Å². The van der Waals surface area contributed by atoms with Crippen LogP contribution in [0.25, 0.3) is 22.0 Å². The minimum absolute atomic E-state index is 0.00478. The molecule has 0 unspecified atom stereocenters. The molecular formula is C37H33F7N8O4S. The van der Waals surface area contributed by atoms with Gasteiger partial charge in [-0.2, -0.15) is 32.1 Å². The van der Waals surface area contributed by atoms with Crippen LogP contribution in [0.5, 0.6) is 0 Å². The van der Waals surface area contributed by atoms with Gasteiger partial charge in [0.05, 0.1) is 36.2 Å². The van der Waals surface area contributed by atoms with E-state index in [0.717, 1.165) is 18.4 Å². The van der Waals surface area contributed by atoms with Gasteiger partial charge in [-0.25, -0.2) is 22.2 Å². The molecule has 2 aromatic carbocycles. The fourth-order valence-electron chi connectivity index (χ4n) is 7.57. The largest absolute Gasteiger partial charge is 0.435 e. The maximum atomic E-state index is 15.6. The van der Waals surface area contributed by atoms with Crippen LogP contribution in [0.1, 0.15) is 58.7 Å². The van der Waals surface area contributed by atoms with Crippen LogP contribution in [0.3, 0.4) is 0 Å². The number of amides is 1. The number of nitrogens with two attached hydrogens (primary N) is 1. The molecule has 0 aliphatic heterocycles. The van der Waals surface area contributed by atoms with Crippen molar-refractivity contribution in [1.29, 1.82) is 0 Å². The molecule has 2 aliphatic rings. The lowest BCUT2D eigenvalue weighted by molar-refractivity contribution is -0.144. The maximum Gasteiger partial charge on any atom is 0.435 e. The summed E-state index contributed by atoms with van der Waals surface area (Å²) in [6, 6.07) is 8.08. The molecule has 3 heterocycles. The predicted molar refractivity (Wildman–Crippen MR) is 192 cm³/mol. The zero-order valence-electron chi connectivity index (χ0n) is 30.0. The number of fused-ring (bicyclic) bond motifs is 4. The van der Waals surface area contributed by atoms with Crippen LogP contribution in [0.4, 0.5) is 36.6 Å². The molecule has 1 amide bonds. The van der Waals surface area contributed by atoms with E-state index in [2.05, 4.69) is 37.1 Å². The SMILES string of the molecule is Cn1nc(NS(C)(=O)=O)c2cccc(-c3ccc(C#C[C@@H](N)CO)nc3[C@H](Cc3cc(F)cc(F)c3)NC(=O)Cn3nc(C(F)(F)F)c4c3C(F)(F)[C@@H]3CC[C@H]43)c21. The third-order valence-corrected chi connectivity index (χ3v) is 10.5. The molecule has 300 valence electrons. The number of pyridine rings is 1. The van der Waals surface area contributed by atoms with Gasteiger partial charge in [0, 0.05) is 41.1 Å². The molecule has 3 aromatic heterocycles. The van der Waals surface area contributed by atoms with Crippen molar-refractivity contribution in [2.75, 3.05) is 17.6 Å². The number of para-hydroxylation sites is 1. The average molecular weight is 819 g/mol. The number of benzene rings is 2. The van der Waals surface area contributed by atoms with Gasteiger partial charge in [0.25, 0.3) is 5.92 Å². The van der Waals surface area contributed by atoms with E-state index in [9.17, 15) is 40.3 Å². The van der Waals surface area contributed by atoms with E-state index in [1.165, 1.54) is 17.8 Å². The lowest BCUT2D eigenvalue weighted by Crippen LogP contribution is -2.36. The molecule has 5 aromatic rings. The van der Waals surface area contributed by atoms with Crippen molar-refractivity contribution in [3.63, 3.8) is 0 Å². The standard InChI is InChI=1S/C37H33F7N8O4S/c1-51-32-24(4-3-5-26(32)35(49-51)50-57(2,55)56)23-9-8-22(7-6-21(45)17-53)46-31(23)28(14-18-12-19(38)15-20(39)13-18)47-29(54)16-52-34-30(33(48-52)37(42,43)44)25-10-11-27(25)36(34,40)41/h3-5,8-9,12-13,15,21,25,27-28,53H,10-11,14,16-17,45H2,1-2H3,(H,47,54)(H,49,50)/t21-,25+,27-,28+/m1/s1. The van der Waals surface area contributed by atoms with Crippen LogP contribution in [-0.2, 0) is 46.9 Å². The summed E-state index contributed by atoms with van der Waals surface area (Å²) >= 11 is 0. The summed E-state index contributed by atoms with van der Waals surface area (Å²) in [5.74, 6) is -3.84. The number of aromatic nitrogens is 5. The van der Waals surface area contributed by atoms with Crippen molar-refractivity contribution in [3.8, 4) is 23.0 Å². The number of nitrogens with one attached hydrogen (secondary N) is 2. The maximum absolute atomic E-state index is 15.6. The van der Waals surface area contributed by atoms with Crippen LogP contribution >= 0.6 is 0 Å². The summed E-state index contributed by atoms with van der Waals surface area (Å²) in [6.07, 6.45) is -4.43. The first kappa shape index (κ1) is 39.7. The Hall–Kier alpha value is -5.52. The molecule has 1 saturated carbocycles. The van der Waals surface area contributed by atoms with Gasteiger partial charge in [0.1, 0.15) is 29.6 Å². The van der Waals surface area contributed by atoms with Crippen molar-refractivity contribution in [2.45, 2.75) is 55.9 Å². The van der Waals surface area contributed by atoms with Crippen molar-refractivity contribution in [3.05, 3.63) is 94.1 Å². The molecule has 1 fully saturated rings. The first-order chi connectivity index (χ1) is 26.7. The number of aliphatic hydroxyl groups excluding tert-OH is 1. The molecule has 0 spiro atoms. The molecule has 7 rings (SSSR count). The Morgan fingerprint density at radius 2 is 1.81 bits per heavy atom. The van der Waals surface area contributed by atoms with Gasteiger partial charge in [-0.3, -0.25) is 18.9 Å². The van der Waals surface area contributed by atoms with Gasteiger partial charge in [-0.1, -0.05) is 18.1 Å². The molecular weight excluding hydrogens is 786 g/mol. The number of nitrogens with zero attached hydrogens (tertiary/aromatic N) is 5. The Balaban J connectivity index is 1.37. The monoisotopic (exact) mass is 818 g/mol. The van der Waals surface area contributed by atoms with Gasteiger partial charge >= 0.3 is 6.18 Å². The molecule has 0 bridgehead atoms. The topological polar surface area (TPSA) is 170 Å². The van der Waals surface area contributed by atoms with E-state index >= 15 is 8.78 Å². The van der Waals surface area contributed by atoms with Gasteiger partial charge in [0.2, 0.25) is 15.9 Å². The number of carbonyl (C=O) groups is 1. The highest BCUT2D eigenvalue weighted by atomic mass is 32.2. The summed E-state index contributed by atoms with van der Waals surface area (Å²) in [7, 11) is -2.25. The summed E-state index contributed by atoms with van der Waals surface area (Å²) in [4.78, 5) is 18.6. The minimum Gasteiger partial charge on any atom is -0.394 e. The molecule has 2 aliphatic carbocycles. The fraction of sp³-hybridized carbons (Fsp3) is 0.351. The Kier molecular flexibility index (Phi) is 10.1. The second-order valence-corrected chi connectivity index (χ2v) is 15.8. The number of carbonyl (C=O) groups excluding carboxylic acids is 1. The van der Waals surface area contributed by atoms with E-state index in [1.807, 2.05) is 0 Å². The second-order valence-electron chi connectivity index (χ2n) is 14.0. The molecule has 0 radical (unpaired) electrons. The number of aryl methyl sites for hydroxylation is 1. The lowest BCUT2D eigenvalue weighted by atomic mass is 9.73. The average Bonchev–Trinajstić information content (AvgIpc) is 3.66.